The number of rotatable bonds is 4. The maximum atomic E-state index is 13.8. The third-order valence-corrected chi connectivity index (χ3v) is 4.70. The predicted molar refractivity (Wildman–Crippen MR) is 80.1 cm³/mol. The molecule has 106 valence electrons. The summed E-state index contributed by atoms with van der Waals surface area (Å²) >= 11 is 7.42. The van der Waals surface area contributed by atoms with Crippen molar-refractivity contribution in [2.75, 3.05) is 0 Å². The van der Waals surface area contributed by atoms with Crippen molar-refractivity contribution in [3.8, 4) is 0 Å². The molecular formula is C15H14ClF2NS. The Morgan fingerprint density at radius 3 is 2.45 bits per heavy atom. The average Bonchev–Trinajstić information content (AvgIpc) is 2.39. The van der Waals surface area contributed by atoms with Gasteiger partial charge < -0.3 is 5.73 Å². The molecule has 5 heteroatoms. The van der Waals surface area contributed by atoms with Gasteiger partial charge in [-0.05, 0) is 30.7 Å². The molecule has 0 radical (unpaired) electrons. The molecule has 20 heavy (non-hydrogen) atoms. The maximum Gasteiger partial charge on any atom is 0.139 e. The zero-order valence-corrected chi connectivity index (χ0v) is 12.4. The highest BCUT2D eigenvalue weighted by Gasteiger charge is 2.21. The standard InChI is InChI=1S/C15H14ClF2NS/c1-9(19)15(11-4-2-3-5-12(11)16)20-14-7-6-10(17)8-13(14)18/h2-9,15H,19H2,1H3. The highest BCUT2D eigenvalue weighted by Crippen LogP contribution is 2.40. The molecule has 2 atom stereocenters. The average molecular weight is 314 g/mol. The summed E-state index contributed by atoms with van der Waals surface area (Å²) in [7, 11) is 0. The Morgan fingerprint density at radius 1 is 1.15 bits per heavy atom. The van der Waals surface area contributed by atoms with Gasteiger partial charge in [-0.25, -0.2) is 8.78 Å². The van der Waals surface area contributed by atoms with E-state index in [-0.39, 0.29) is 11.3 Å². The number of halogens is 3. The lowest BCUT2D eigenvalue weighted by Crippen LogP contribution is -2.22. The van der Waals surface area contributed by atoms with E-state index in [1.165, 1.54) is 23.9 Å². The second kappa shape index (κ2) is 6.57. The largest absolute Gasteiger partial charge is 0.327 e. The second-order valence-corrected chi connectivity index (χ2v) is 6.08. The van der Waals surface area contributed by atoms with Crippen molar-refractivity contribution in [3.63, 3.8) is 0 Å². The van der Waals surface area contributed by atoms with E-state index in [1.54, 1.807) is 6.07 Å². The van der Waals surface area contributed by atoms with E-state index in [9.17, 15) is 8.78 Å². The molecule has 1 nitrogen and oxygen atoms in total. The number of benzene rings is 2. The molecule has 2 aromatic rings. The topological polar surface area (TPSA) is 26.0 Å². The van der Waals surface area contributed by atoms with Gasteiger partial charge in [0.05, 0.1) is 5.25 Å². The SMILES string of the molecule is CC(N)C(Sc1ccc(F)cc1F)c1ccccc1Cl. The molecule has 2 N–H and O–H groups in total. The molecule has 2 aromatic carbocycles. The molecule has 0 amide bonds. The molecule has 0 aromatic heterocycles. The van der Waals surface area contributed by atoms with Crippen molar-refractivity contribution >= 4 is 23.4 Å². The fourth-order valence-corrected chi connectivity index (χ4v) is 3.32. The van der Waals surface area contributed by atoms with Crippen molar-refractivity contribution in [3.05, 3.63) is 64.7 Å². The summed E-state index contributed by atoms with van der Waals surface area (Å²) in [6, 6.07) is 10.6. The summed E-state index contributed by atoms with van der Waals surface area (Å²) in [5.74, 6) is -1.19. The lowest BCUT2D eigenvalue weighted by atomic mass is 10.1. The molecule has 2 unspecified atom stereocenters. The second-order valence-electron chi connectivity index (χ2n) is 4.49. The summed E-state index contributed by atoms with van der Waals surface area (Å²) < 4.78 is 26.7. The van der Waals surface area contributed by atoms with Gasteiger partial charge in [-0.2, -0.15) is 0 Å². The van der Waals surface area contributed by atoms with Crippen molar-refractivity contribution in [2.24, 2.45) is 5.73 Å². The molecule has 0 aliphatic carbocycles. The maximum absolute atomic E-state index is 13.8. The fraction of sp³-hybridized carbons (Fsp3) is 0.200. The first-order valence-corrected chi connectivity index (χ1v) is 7.36. The van der Waals surface area contributed by atoms with Gasteiger partial charge in [0, 0.05) is 22.0 Å². The van der Waals surface area contributed by atoms with Crippen LogP contribution in [0.25, 0.3) is 0 Å². The highest BCUT2D eigenvalue weighted by molar-refractivity contribution is 7.99. The lowest BCUT2D eigenvalue weighted by Gasteiger charge is -2.22. The summed E-state index contributed by atoms with van der Waals surface area (Å²) in [6.45, 7) is 1.84. The fourth-order valence-electron chi connectivity index (χ4n) is 1.87. The van der Waals surface area contributed by atoms with Crippen LogP contribution in [-0.2, 0) is 0 Å². The van der Waals surface area contributed by atoms with Crippen LogP contribution in [0.4, 0.5) is 8.78 Å². The van der Waals surface area contributed by atoms with Gasteiger partial charge in [-0.3, -0.25) is 0 Å². The van der Waals surface area contributed by atoms with Crippen molar-refractivity contribution in [1.82, 2.24) is 0 Å². The summed E-state index contributed by atoms with van der Waals surface area (Å²) in [5.41, 5.74) is 6.83. The van der Waals surface area contributed by atoms with Gasteiger partial charge in [0.25, 0.3) is 0 Å². The molecule has 0 fully saturated rings. The molecule has 0 aliphatic heterocycles. The Kier molecular flexibility index (Phi) is 5.02. The van der Waals surface area contributed by atoms with E-state index in [0.29, 0.717) is 9.92 Å². The first kappa shape index (κ1) is 15.3. The van der Waals surface area contributed by atoms with Crippen molar-refractivity contribution < 1.29 is 8.78 Å². The monoisotopic (exact) mass is 313 g/mol. The Labute approximate surface area is 126 Å². The zero-order chi connectivity index (χ0) is 14.7. The smallest absolute Gasteiger partial charge is 0.139 e. The van der Waals surface area contributed by atoms with Crippen LogP contribution in [0.2, 0.25) is 5.02 Å². The van der Waals surface area contributed by atoms with E-state index in [4.69, 9.17) is 17.3 Å². The molecule has 0 saturated carbocycles. The number of thioether (sulfide) groups is 1. The van der Waals surface area contributed by atoms with Crippen molar-refractivity contribution in [2.45, 2.75) is 23.1 Å². The Morgan fingerprint density at radius 2 is 1.85 bits per heavy atom. The van der Waals surface area contributed by atoms with Crippen LogP contribution in [0.5, 0.6) is 0 Å². The zero-order valence-electron chi connectivity index (χ0n) is 10.8. The van der Waals surface area contributed by atoms with Gasteiger partial charge in [-0.1, -0.05) is 29.8 Å². The van der Waals surface area contributed by atoms with E-state index < -0.39 is 11.6 Å². The molecule has 0 saturated heterocycles. The molecule has 0 heterocycles. The first-order valence-electron chi connectivity index (χ1n) is 6.10. The van der Waals surface area contributed by atoms with Crippen LogP contribution < -0.4 is 5.73 Å². The number of hydrogen-bond donors (Lipinski definition) is 1. The van der Waals surface area contributed by atoms with E-state index >= 15 is 0 Å². The Hall–Kier alpha value is -1.10. The molecule has 2 rings (SSSR count). The van der Waals surface area contributed by atoms with Crippen LogP contribution in [0.3, 0.4) is 0 Å². The van der Waals surface area contributed by atoms with Crippen LogP contribution in [0.15, 0.2) is 47.4 Å². The van der Waals surface area contributed by atoms with Gasteiger partial charge in [0.2, 0.25) is 0 Å². The lowest BCUT2D eigenvalue weighted by molar-refractivity contribution is 0.565. The van der Waals surface area contributed by atoms with Crippen LogP contribution in [0, 0.1) is 11.6 Å². The van der Waals surface area contributed by atoms with Crippen molar-refractivity contribution in [1.29, 1.82) is 0 Å². The summed E-state index contributed by atoms with van der Waals surface area (Å²) in [5, 5.41) is 0.383. The third kappa shape index (κ3) is 3.51. The molecule has 0 spiro atoms. The highest BCUT2D eigenvalue weighted by atomic mass is 35.5. The molecular weight excluding hydrogens is 300 g/mol. The number of nitrogens with two attached hydrogens (primary N) is 1. The van der Waals surface area contributed by atoms with E-state index in [1.807, 2.05) is 25.1 Å². The van der Waals surface area contributed by atoms with Gasteiger partial charge in [-0.15, -0.1) is 11.8 Å². The van der Waals surface area contributed by atoms with E-state index in [0.717, 1.165) is 11.6 Å². The summed E-state index contributed by atoms with van der Waals surface area (Å²) in [6.07, 6.45) is 0. The molecule has 0 bridgehead atoms. The van der Waals surface area contributed by atoms with Crippen LogP contribution in [0.1, 0.15) is 17.7 Å². The van der Waals surface area contributed by atoms with Gasteiger partial charge >= 0.3 is 0 Å². The summed E-state index contributed by atoms with van der Waals surface area (Å²) in [4.78, 5) is 0.355. The quantitative estimate of drug-likeness (QED) is 0.821. The Balaban J connectivity index is 2.33. The minimum atomic E-state index is -0.595. The van der Waals surface area contributed by atoms with Crippen LogP contribution >= 0.6 is 23.4 Å². The third-order valence-electron chi connectivity index (χ3n) is 2.84. The molecule has 0 aliphatic rings. The van der Waals surface area contributed by atoms with Crippen LogP contribution in [-0.4, -0.2) is 6.04 Å². The first-order chi connectivity index (χ1) is 9.49. The van der Waals surface area contributed by atoms with E-state index in [2.05, 4.69) is 0 Å². The van der Waals surface area contributed by atoms with Gasteiger partial charge in [0.15, 0.2) is 0 Å². The van der Waals surface area contributed by atoms with Gasteiger partial charge in [0.1, 0.15) is 11.6 Å². The minimum Gasteiger partial charge on any atom is -0.327 e. The predicted octanol–water partition coefficient (Wildman–Crippen LogP) is 4.80. The Bertz CT molecular complexity index is 604. The number of hydrogen-bond acceptors (Lipinski definition) is 2. The minimum absolute atomic E-state index is 0.205. The normalized spacial score (nSPS) is 14.1.